The van der Waals surface area contributed by atoms with Gasteiger partial charge in [-0.3, -0.25) is 0 Å². The van der Waals surface area contributed by atoms with Crippen LogP contribution in [0.2, 0.25) is 0 Å². The molecule has 13 heavy (non-hydrogen) atoms. The van der Waals surface area contributed by atoms with Gasteiger partial charge in [-0.2, -0.15) is 0 Å². The SMILES string of the molecule is CC1CCCCC(C)C(C)(C)CC1. The van der Waals surface area contributed by atoms with E-state index >= 15 is 0 Å². The third-order valence-corrected chi connectivity index (χ3v) is 4.20. The second-order valence-corrected chi connectivity index (χ2v) is 5.82. The molecule has 0 aromatic carbocycles. The van der Waals surface area contributed by atoms with E-state index in [1.807, 2.05) is 0 Å². The van der Waals surface area contributed by atoms with Gasteiger partial charge in [-0.05, 0) is 23.7 Å². The Labute approximate surface area is 84.1 Å². The lowest BCUT2D eigenvalue weighted by molar-refractivity contribution is 0.191. The fourth-order valence-corrected chi connectivity index (χ4v) is 2.34. The molecule has 0 aromatic heterocycles. The average Bonchev–Trinajstić information content (AvgIpc) is 2.11. The van der Waals surface area contributed by atoms with Gasteiger partial charge in [0, 0.05) is 0 Å². The third kappa shape index (κ3) is 3.32. The van der Waals surface area contributed by atoms with E-state index in [-0.39, 0.29) is 0 Å². The topological polar surface area (TPSA) is 0 Å². The molecule has 2 atom stereocenters. The van der Waals surface area contributed by atoms with Crippen LogP contribution in [0.15, 0.2) is 0 Å². The van der Waals surface area contributed by atoms with Crippen molar-refractivity contribution in [3.05, 3.63) is 0 Å². The van der Waals surface area contributed by atoms with Gasteiger partial charge in [-0.1, -0.05) is 59.8 Å². The van der Waals surface area contributed by atoms with E-state index < -0.39 is 0 Å². The molecule has 0 saturated heterocycles. The Balaban J connectivity index is 2.54. The van der Waals surface area contributed by atoms with E-state index in [0.717, 1.165) is 11.8 Å². The molecule has 0 aliphatic heterocycles. The Morgan fingerprint density at radius 1 is 0.923 bits per heavy atom. The zero-order chi connectivity index (χ0) is 9.90. The molecule has 1 saturated carbocycles. The second kappa shape index (κ2) is 4.48. The largest absolute Gasteiger partial charge is 0.0625 e. The summed E-state index contributed by atoms with van der Waals surface area (Å²) in [4.78, 5) is 0. The summed E-state index contributed by atoms with van der Waals surface area (Å²) in [5.74, 6) is 1.88. The van der Waals surface area contributed by atoms with Gasteiger partial charge in [0.05, 0.1) is 0 Å². The van der Waals surface area contributed by atoms with Gasteiger partial charge in [0.15, 0.2) is 0 Å². The molecule has 1 fully saturated rings. The van der Waals surface area contributed by atoms with Gasteiger partial charge in [0.2, 0.25) is 0 Å². The first-order valence-electron chi connectivity index (χ1n) is 6.02. The highest BCUT2D eigenvalue weighted by molar-refractivity contribution is 4.77. The van der Waals surface area contributed by atoms with Gasteiger partial charge in [-0.15, -0.1) is 0 Å². The Bertz CT molecular complexity index is 146. The van der Waals surface area contributed by atoms with Gasteiger partial charge in [-0.25, -0.2) is 0 Å². The van der Waals surface area contributed by atoms with Crippen molar-refractivity contribution in [2.45, 2.75) is 66.2 Å². The number of hydrogen-bond acceptors (Lipinski definition) is 0. The molecule has 0 aromatic rings. The van der Waals surface area contributed by atoms with Crippen LogP contribution in [0.25, 0.3) is 0 Å². The van der Waals surface area contributed by atoms with Crippen molar-refractivity contribution < 1.29 is 0 Å². The van der Waals surface area contributed by atoms with E-state index in [9.17, 15) is 0 Å². The highest BCUT2D eigenvalue weighted by Gasteiger charge is 2.26. The Hall–Kier alpha value is 0. The number of rotatable bonds is 0. The summed E-state index contributed by atoms with van der Waals surface area (Å²) in [7, 11) is 0. The molecule has 0 spiro atoms. The van der Waals surface area contributed by atoms with Crippen molar-refractivity contribution in [2.24, 2.45) is 17.3 Å². The first-order valence-corrected chi connectivity index (χ1v) is 6.02. The minimum Gasteiger partial charge on any atom is -0.0625 e. The van der Waals surface area contributed by atoms with Gasteiger partial charge in [0.25, 0.3) is 0 Å². The fourth-order valence-electron chi connectivity index (χ4n) is 2.34. The van der Waals surface area contributed by atoms with Crippen molar-refractivity contribution >= 4 is 0 Å². The Kier molecular flexibility index (Phi) is 3.82. The third-order valence-electron chi connectivity index (χ3n) is 4.20. The quantitative estimate of drug-likeness (QED) is 0.512. The predicted molar refractivity (Wildman–Crippen MR) is 59.8 cm³/mol. The first-order chi connectivity index (χ1) is 6.02. The van der Waals surface area contributed by atoms with Crippen LogP contribution in [-0.4, -0.2) is 0 Å². The van der Waals surface area contributed by atoms with E-state index in [2.05, 4.69) is 27.7 Å². The molecule has 0 radical (unpaired) electrons. The molecule has 0 N–H and O–H groups in total. The first kappa shape index (κ1) is 11.1. The zero-order valence-corrected chi connectivity index (χ0v) is 9.90. The van der Waals surface area contributed by atoms with Gasteiger partial charge < -0.3 is 0 Å². The standard InChI is InChI=1S/C13H26/c1-11-7-5-6-8-12(2)13(3,4)10-9-11/h11-12H,5-10H2,1-4H3. The maximum atomic E-state index is 2.45. The van der Waals surface area contributed by atoms with Crippen LogP contribution < -0.4 is 0 Å². The van der Waals surface area contributed by atoms with Crippen molar-refractivity contribution in [1.82, 2.24) is 0 Å². The lowest BCUT2D eigenvalue weighted by Gasteiger charge is -2.32. The summed E-state index contributed by atoms with van der Waals surface area (Å²) >= 11 is 0. The summed E-state index contributed by atoms with van der Waals surface area (Å²) in [5, 5.41) is 0. The molecule has 78 valence electrons. The molecule has 1 rings (SSSR count). The summed E-state index contributed by atoms with van der Waals surface area (Å²) < 4.78 is 0. The van der Waals surface area contributed by atoms with E-state index in [1.54, 1.807) is 0 Å². The highest BCUT2D eigenvalue weighted by atomic mass is 14.3. The molecule has 0 heterocycles. The molecule has 1 aliphatic carbocycles. The minimum absolute atomic E-state index is 0.582. The molecule has 0 amide bonds. The maximum absolute atomic E-state index is 2.45. The molecule has 1 aliphatic rings. The van der Waals surface area contributed by atoms with Crippen LogP contribution in [-0.2, 0) is 0 Å². The summed E-state index contributed by atoms with van der Waals surface area (Å²) in [6, 6.07) is 0. The molecule has 0 bridgehead atoms. The fraction of sp³-hybridized carbons (Fsp3) is 1.00. The molecule has 0 nitrogen and oxygen atoms in total. The van der Waals surface area contributed by atoms with Crippen LogP contribution >= 0.6 is 0 Å². The van der Waals surface area contributed by atoms with Crippen molar-refractivity contribution in [3.8, 4) is 0 Å². The zero-order valence-electron chi connectivity index (χ0n) is 9.90. The lowest BCUT2D eigenvalue weighted by atomic mass is 9.74. The lowest BCUT2D eigenvalue weighted by Crippen LogP contribution is -2.21. The monoisotopic (exact) mass is 182 g/mol. The maximum Gasteiger partial charge on any atom is -0.0328 e. The molecule has 0 heteroatoms. The van der Waals surface area contributed by atoms with Crippen molar-refractivity contribution in [1.29, 1.82) is 0 Å². The van der Waals surface area contributed by atoms with Crippen molar-refractivity contribution in [3.63, 3.8) is 0 Å². The molecular weight excluding hydrogens is 156 g/mol. The minimum atomic E-state index is 0.582. The van der Waals surface area contributed by atoms with Crippen LogP contribution in [0.3, 0.4) is 0 Å². The summed E-state index contributed by atoms with van der Waals surface area (Å²) in [6.45, 7) is 9.77. The van der Waals surface area contributed by atoms with Crippen LogP contribution in [0, 0.1) is 17.3 Å². The molecular formula is C13H26. The van der Waals surface area contributed by atoms with E-state index in [4.69, 9.17) is 0 Å². The smallest absolute Gasteiger partial charge is 0.0328 e. The van der Waals surface area contributed by atoms with E-state index in [0.29, 0.717) is 5.41 Å². The Morgan fingerprint density at radius 2 is 1.54 bits per heavy atom. The van der Waals surface area contributed by atoms with Crippen LogP contribution in [0.4, 0.5) is 0 Å². The van der Waals surface area contributed by atoms with Crippen molar-refractivity contribution in [2.75, 3.05) is 0 Å². The Morgan fingerprint density at radius 3 is 2.23 bits per heavy atom. The second-order valence-electron chi connectivity index (χ2n) is 5.82. The van der Waals surface area contributed by atoms with Crippen LogP contribution in [0.1, 0.15) is 66.2 Å². The average molecular weight is 182 g/mol. The summed E-state index contributed by atoms with van der Waals surface area (Å²) in [6.07, 6.45) is 8.69. The highest BCUT2D eigenvalue weighted by Crippen LogP contribution is 2.38. The van der Waals surface area contributed by atoms with Crippen LogP contribution in [0.5, 0.6) is 0 Å². The summed E-state index contributed by atoms with van der Waals surface area (Å²) in [5.41, 5.74) is 0.582. The van der Waals surface area contributed by atoms with Gasteiger partial charge in [0.1, 0.15) is 0 Å². The molecule has 2 unspecified atom stereocenters. The van der Waals surface area contributed by atoms with Gasteiger partial charge >= 0.3 is 0 Å². The van der Waals surface area contributed by atoms with E-state index in [1.165, 1.54) is 38.5 Å². The number of hydrogen-bond donors (Lipinski definition) is 0. The normalized spacial score (nSPS) is 36.0. The predicted octanol–water partition coefficient (Wildman–Crippen LogP) is 4.64.